The zero-order valence-corrected chi connectivity index (χ0v) is 17.4. The van der Waals surface area contributed by atoms with Gasteiger partial charge in [0.15, 0.2) is 5.78 Å². The van der Waals surface area contributed by atoms with E-state index in [-0.39, 0.29) is 16.9 Å². The molecule has 9 heteroatoms. The lowest BCUT2D eigenvalue weighted by atomic mass is 9.49. The van der Waals surface area contributed by atoms with Gasteiger partial charge in [0.05, 0.1) is 23.8 Å². The van der Waals surface area contributed by atoms with Crippen molar-refractivity contribution in [2.45, 2.75) is 44.6 Å². The van der Waals surface area contributed by atoms with Gasteiger partial charge in [-0.3, -0.25) is 9.59 Å². The van der Waals surface area contributed by atoms with Crippen LogP contribution in [0.5, 0.6) is 0 Å². The lowest BCUT2D eigenvalue weighted by Gasteiger charge is -2.55. The van der Waals surface area contributed by atoms with E-state index >= 15 is 0 Å². The molecule has 4 fully saturated rings. The third-order valence-corrected chi connectivity index (χ3v) is 8.08. The minimum Gasteiger partial charge on any atom is -0.394 e. The SMILES string of the molecule is CS(=O)(=O)N[C@@H](CO)C(=O)c1ccsc1NC(=O)C12CC3CC(CC(C3)C1)C2. The van der Waals surface area contributed by atoms with Gasteiger partial charge in [0.1, 0.15) is 11.0 Å². The summed E-state index contributed by atoms with van der Waals surface area (Å²) >= 11 is 1.24. The first-order chi connectivity index (χ1) is 13.2. The number of aliphatic hydroxyl groups excluding tert-OH is 1. The molecule has 154 valence electrons. The van der Waals surface area contributed by atoms with Crippen LogP contribution in [0, 0.1) is 23.2 Å². The molecule has 3 N–H and O–H groups in total. The van der Waals surface area contributed by atoms with Crippen LogP contribution in [-0.4, -0.2) is 44.1 Å². The van der Waals surface area contributed by atoms with Crippen LogP contribution in [0.1, 0.15) is 48.9 Å². The molecule has 1 aromatic rings. The second-order valence-electron chi connectivity index (χ2n) is 8.80. The standard InChI is InChI=1S/C19H26N2O5S2/c1-28(25,26)21-15(10-22)16(23)14-2-3-27-17(14)20-18(24)19-7-11-4-12(8-19)6-13(5-11)9-19/h2-3,11-13,15,21-22H,4-10H2,1H3,(H,20,24)/t11?,12?,13?,15-,19?/m0/s1. The number of thiophene rings is 1. The van der Waals surface area contributed by atoms with Gasteiger partial charge in [-0.1, -0.05) is 0 Å². The maximum atomic E-state index is 13.2. The zero-order valence-electron chi connectivity index (χ0n) is 15.8. The van der Waals surface area contributed by atoms with E-state index in [1.165, 1.54) is 30.6 Å². The summed E-state index contributed by atoms with van der Waals surface area (Å²) < 4.78 is 25.1. The number of amides is 1. The number of Topliss-reactive ketones (excluding diaryl/α,β-unsaturated/α-hetero) is 1. The molecule has 5 rings (SSSR count). The Kier molecular flexibility index (Phi) is 5.14. The number of anilines is 1. The summed E-state index contributed by atoms with van der Waals surface area (Å²) in [7, 11) is -3.65. The second-order valence-corrected chi connectivity index (χ2v) is 11.5. The summed E-state index contributed by atoms with van der Waals surface area (Å²) in [6, 6.07) is 0.300. The van der Waals surface area contributed by atoms with Gasteiger partial charge in [-0.15, -0.1) is 11.3 Å². The lowest BCUT2D eigenvalue weighted by molar-refractivity contribution is -0.140. The van der Waals surface area contributed by atoms with Crippen LogP contribution >= 0.6 is 11.3 Å². The Labute approximate surface area is 169 Å². The maximum absolute atomic E-state index is 13.2. The van der Waals surface area contributed by atoms with Crippen molar-refractivity contribution in [3.05, 3.63) is 17.0 Å². The van der Waals surface area contributed by atoms with Crippen molar-refractivity contribution in [3.63, 3.8) is 0 Å². The van der Waals surface area contributed by atoms with E-state index in [0.717, 1.165) is 25.5 Å². The molecule has 4 saturated carbocycles. The molecule has 0 spiro atoms. The van der Waals surface area contributed by atoms with Gasteiger partial charge in [-0.2, -0.15) is 0 Å². The normalized spacial score (nSPS) is 32.3. The summed E-state index contributed by atoms with van der Waals surface area (Å²) in [5.41, 5.74) is -0.0984. The molecule has 1 heterocycles. The molecule has 1 atom stereocenters. The quantitative estimate of drug-likeness (QED) is 0.577. The molecule has 0 aliphatic heterocycles. The van der Waals surface area contributed by atoms with Crippen LogP contribution in [0.4, 0.5) is 5.00 Å². The number of carbonyl (C=O) groups is 2. The van der Waals surface area contributed by atoms with Gasteiger partial charge in [-0.05, 0) is 67.7 Å². The van der Waals surface area contributed by atoms with Crippen molar-refractivity contribution in [2.75, 3.05) is 18.2 Å². The largest absolute Gasteiger partial charge is 0.394 e. The average molecular weight is 427 g/mol. The molecular formula is C19H26N2O5S2. The molecule has 0 aromatic carbocycles. The van der Waals surface area contributed by atoms with Crippen LogP contribution in [0.2, 0.25) is 0 Å². The smallest absolute Gasteiger partial charge is 0.231 e. The Morgan fingerprint density at radius 3 is 2.29 bits per heavy atom. The topological polar surface area (TPSA) is 113 Å². The van der Waals surface area contributed by atoms with Crippen LogP contribution < -0.4 is 10.0 Å². The first kappa shape index (κ1) is 20.0. The van der Waals surface area contributed by atoms with Crippen LogP contribution in [0.15, 0.2) is 11.4 Å². The van der Waals surface area contributed by atoms with E-state index < -0.39 is 28.5 Å². The van der Waals surface area contributed by atoms with Crippen molar-refractivity contribution in [3.8, 4) is 0 Å². The van der Waals surface area contributed by atoms with Gasteiger partial charge in [0, 0.05) is 0 Å². The number of hydrogen-bond donors (Lipinski definition) is 3. The Balaban J connectivity index is 1.52. The molecule has 0 unspecified atom stereocenters. The zero-order chi connectivity index (χ0) is 20.1. The van der Waals surface area contributed by atoms with Crippen molar-refractivity contribution >= 4 is 38.1 Å². The van der Waals surface area contributed by atoms with Gasteiger partial charge in [0.2, 0.25) is 15.9 Å². The van der Waals surface area contributed by atoms with Crippen molar-refractivity contribution in [1.82, 2.24) is 4.72 Å². The molecule has 7 nitrogen and oxygen atoms in total. The van der Waals surface area contributed by atoms with E-state index in [2.05, 4.69) is 10.0 Å². The second kappa shape index (κ2) is 7.19. The number of ketones is 1. The Hall–Kier alpha value is -1.29. The Morgan fingerprint density at radius 1 is 1.21 bits per heavy atom. The minimum absolute atomic E-state index is 0.0141. The minimum atomic E-state index is -3.65. The first-order valence-corrected chi connectivity index (χ1v) is 12.5. The summed E-state index contributed by atoms with van der Waals surface area (Å²) in [5.74, 6) is 1.35. The van der Waals surface area contributed by atoms with E-state index in [0.29, 0.717) is 22.8 Å². The van der Waals surface area contributed by atoms with E-state index in [9.17, 15) is 23.1 Å². The van der Waals surface area contributed by atoms with Gasteiger partial charge < -0.3 is 10.4 Å². The molecule has 28 heavy (non-hydrogen) atoms. The van der Waals surface area contributed by atoms with Gasteiger partial charge in [-0.25, -0.2) is 13.1 Å². The summed E-state index contributed by atoms with van der Waals surface area (Å²) in [6.45, 7) is -0.649. The molecule has 0 radical (unpaired) electrons. The highest BCUT2D eigenvalue weighted by Gasteiger charge is 2.54. The lowest BCUT2D eigenvalue weighted by Crippen LogP contribution is -2.51. The number of hydrogen-bond acceptors (Lipinski definition) is 6. The van der Waals surface area contributed by atoms with Gasteiger partial charge in [0.25, 0.3) is 0 Å². The molecule has 4 aliphatic rings. The predicted molar refractivity (Wildman–Crippen MR) is 107 cm³/mol. The summed E-state index contributed by atoms with van der Waals surface area (Å²) in [5, 5.41) is 14.5. The number of carbonyl (C=O) groups excluding carboxylic acids is 2. The Bertz CT molecular complexity index is 857. The highest BCUT2D eigenvalue weighted by atomic mass is 32.2. The first-order valence-electron chi connectivity index (χ1n) is 9.70. The van der Waals surface area contributed by atoms with E-state index in [1.807, 2.05) is 0 Å². The highest BCUT2D eigenvalue weighted by molar-refractivity contribution is 7.88. The fourth-order valence-corrected chi connectivity index (χ4v) is 7.33. The summed E-state index contributed by atoms with van der Waals surface area (Å²) in [6.07, 6.45) is 7.43. The molecular weight excluding hydrogens is 400 g/mol. The van der Waals surface area contributed by atoms with E-state index in [4.69, 9.17) is 0 Å². The molecule has 1 amide bonds. The maximum Gasteiger partial charge on any atom is 0.231 e. The van der Waals surface area contributed by atoms with E-state index in [1.54, 1.807) is 11.4 Å². The predicted octanol–water partition coefficient (Wildman–Crippen LogP) is 2.00. The summed E-state index contributed by atoms with van der Waals surface area (Å²) in [4.78, 5) is 26.0. The number of rotatable bonds is 7. The third kappa shape index (κ3) is 3.77. The fourth-order valence-electron chi connectivity index (χ4n) is 5.84. The highest BCUT2D eigenvalue weighted by Crippen LogP contribution is 2.60. The molecule has 4 aliphatic carbocycles. The molecule has 0 saturated heterocycles. The average Bonchev–Trinajstić information content (AvgIpc) is 3.05. The van der Waals surface area contributed by atoms with Gasteiger partial charge >= 0.3 is 0 Å². The Morgan fingerprint density at radius 2 is 1.79 bits per heavy atom. The fraction of sp³-hybridized carbons (Fsp3) is 0.684. The van der Waals surface area contributed by atoms with Crippen LogP contribution in [0.3, 0.4) is 0 Å². The molecule has 4 bridgehead atoms. The van der Waals surface area contributed by atoms with Crippen molar-refractivity contribution < 1.29 is 23.1 Å². The number of aliphatic hydroxyl groups is 1. The number of sulfonamides is 1. The van der Waals surface area contributed by atoms with Crippen molar-refractivity contribution in [1.29, 1.82) is 0 Å². The van der Waals surface area contributed by atoms with Crippen molar-refractivity contribution in [2.24, 2.45) is 23.2 Å². The monoisotopic (exact) mass is 426 g/mol. The van der Waals surface area contributed by atoms with Crippen LogP contribution in [0.25, 0.3) is 0 Å². The number of nitrogens with one attached hydrogen (secondary N) is 2. The third-order valence-electron chi connectivity index (χ3n) is 6.53. The van der Waals surface area contributed by atoms with Crippen LogP contribution in [-0.2, 0) is 14.8 Å². The molecule has 1 aromatic heterocycles.